The molecule has 2 aliphatic rings. The Hall–Kier alpha value is -6.70. The van der Waals surface area contributed by atoms with Crippen LogP contribution in [0.4, 0.5) is 0 Å². The molecule has 12 amide bonds. The SMILES string of the molecule is CC[C@H](C)[C@H](NC(=O)CNC(=O)[C@H](C)NC(=O)[C@@H](NC(=O)[C@@H]1CCCN1C(=O)[C@H](CO)NC(=O)[C@H](C)NC(=O)[C@H](CO)NC(=O)[C@H](C)NC(=O)[C@@H]1CCCN1)C(C)C)C(=O)N[C@H](C(=O)NCC(=O)N[C@@H](CCSC)C(=O)O)[C@@H](C)O. The topological polar surface area (TPSA) is 450 Å². The number of hydrogen-bond donors (Lipinski definition) is 16. The normalized spacial score (nSPS) is 19.0. The fourth-order valence-corrected chi connectivity index (χ4v) is 8.68. The molecule has 452 valence electrons. The van der Waals surface area contributed by atoms with E-state index in [4.69, 9.17) is 0 Å². The number of carboxylic acid groups (broad SMARTS) is 1. The van der Waals surface area contributed by atoms with Crippen molar-refractivity contribution in [1.82, 2.24) is 68.7 Å². The van der Waals surface area contributed by atoms with E-state index >= 15 is 0 Å². The molecular formula is C49H83N13O17S. The molecule has 0 aromatic rings. The summed E-state index contributed by atoms with van der Waals surface area (Å²) >= 11 is 1.38. The third-order valence-electron chi connectivity index (χ3n) is 13.3. The minimum Gasteiger partial charge on any atom is -0.480 e. The number of aliphatic carboxylic acids is 1. The molecule has 0 radical (unpaired) electrons. The maximum atomic E-state index is 13.8. The Morgan fingerprint density at radius 3 is 1.66 bits per heavy atom. The van der Waals surface area contributed by atoms with Gasteiger partial charge in [-0.2, -0.15) is 11.8 Å². The first-order valence-corrected chi connectivity index (χ1v) is 27.9. The van der Waals surface area contributed by atoms with Gasteiger partial charge < -0.3 is 89.1 Å². The Kier molecular flexibility index (Phi) is 29.9. The first-order chi connectivity index (χ1) is 37.6. The average molecular weight is 1160 g/mol. The number of aliphatic hydroxyl groups excluding tert-OH is 3. The van der Waals surface area contributed by atoms with Crippen LogP contribution in [0, 0.1) is 11.8 Å². The van der Waals surface area contributed by atoms with Gasteiger partial charge in [-0.3, -0.25) is 57.5 Å². The van der Waals surface area contributed by atoms with Crippen LogP contribution in [0.15, 0.2) is 0 Å². The van der Waals surface area contributed by atoms with Gasteiger partial charge in [0, 0.05) is 6.54 Å². The van der Waals surface area contributed by atoms with Crippen LogP contribution in [0.1, 0.15) is 93.9 Å². The highest BCUT2D eigenvalue weighted by Gasteiger charge is 2.40. The van der Waals surface area contributed by atoms with Crippen LogP contribution >= 0.6 is 11.8 Å². The van der Waals surface area contributed by atoms with E-state index in [0.29, 0.717) is 31.6 Å². The highest BCUT2D eigenvalue weighted by atomic mass is 32.2. The summed E-state index contributed by atoms with van der Waals surface area (Å²) in [6.07, 6.45) is 2.56. The summed E-state index contributed by atoms with van der Waals surface area (Å²) in [5.41, 5.74) is 0. The minimum absolute atomic E-state index is 0.0222. The van der Waals surface area contributed by atoms with Crippen LogP contribution in [-0.2, 0) is 62.3 Å². The predicted molar refractivity (Wildman–Crippen MR) is 287 cm³/mol. The van der Waals surface area contributed by atoms with Crippen LogP contribution in [0.5, 0.6) is 0 Å². The van der Waals surface area contributed by atoms with Crippen molar-refractivity contribution in [3.8, 4) is 0 Å². The maximum absolute atomic E-state index is 13.8. The van der Waals surface area contributed by atoms with Gasteiger partial charge in [0.25, 0.3) is 0 Å². The lowest BCUT2D eigenvalue weighted by Gasteiger charge is -2.30. The summed E-state index contributed by atoms with van der Waals surface area (Å²) < 4.78 is 0. The Labute approximate surface area is 468 Å². The number of thioether (sulfide) groups is 1. The van der Waals surface area contributed by atoms with Gasteiger partial charge >= 0.3 is 5.97 Å². The van der Waals surface area contributed by atoms with Crippen LogP contribution in [-0.4, -0.2) is 226 Å². The summed E-state index contributed by atoms with van der Waals surface area (Å²) in [5, 5.41) is 69.1. The van der Waals surface area contributed by atoms with E-state index in [1.807, 2.05) is 0 Å². The molecule has 0 aromatic heterocycles. The second-order valence-electron chi connectivity index (χ2n) is 20.1. The third kappa shape index (κ3) is 22.1. The number of nitrogens with zero attached hydrogens (tertiary/aromatic N) is 1. The van der Waals surface area contributed by atoms with Gasteiger partial charge in [-0.15, -0.1) is 0 Å². The summed E-state index contributed by atoms with van der Waals surface area (Å²) in [5.74, 6) is -11.9. The highest BCUT2D eigenvalue weighted by molar-refractivity contribution is 7.98. The third-order valence-corrected chi connectivity index (χ3v) is 13.9. The van der Waals surface area contributed by atoms with Crippen LogP contribution in [0.3, 0.4) is 0 Å². The average Bonchev–Trinajstić information content (AvgIpc) is 4.15. The molecule has 13 atom stereocenters. The lowest BCUT2D eigenvalue weighted by atomic mass is 9.97. The molecule has 0 saturated carbocycles. The van der Waals surface area contributed by atoms with Crippen LogP contribution in [0.25, 0.3) is 0 Å². The Balaban J connectivity index is 1.99. The summed E-state index contributed by atoms with van der Waals surface area (Å²) in [7, 11) is 0. The van der Waals surface area contributed by atoms with Gasteiger partial charge in [0.05, 0.1) is 38.4 Å². The molecule has 0 aromatic carbocycles. The van der Waals surface area contributed by atoms with E-state index in [1.54, 1.807) is 34.0 Å². The zero-order valence-corrected chi connectivity index (χ0v) is 47.5. The zero-order chi connectivity index (χ0) is 60.6. The van der Waals surface area contributed by atoms with E-state index in [2.05, 4.69) is 63.8 Å². The molecule has 2 heterocycles. The molecule has 0 aliphatic carbocycles. The molecule has 0 unspecified atom stereocenters. The number of rotatable bonds is 33. The second-order valence-corrected chi connectivity index (χ2v) is 21.1. The summed E-state index contributed by atoms with van der Waals surface area (Å²) in [6.45, 7) is 9.19. The first-order valence-electron chi connectivity index (χ1n) is 26.5. The van der Waals surface area contributed by atoms with E-state index in [1.165, 1.54) is 39.5 Å². The fourth-order valence-electron chi connectivity index (χ4n) is 8.21. The van der Waals surface area contributed by atoms with Crippen molar-refractivity contribution in [3.05, 3.63) is 0 Å². The van der Waals surface area contributed by atoms with Gasteiger partial charge in [0.1, 0.15) is 60.4 Å². The molecule has 30 nitrogen and oxygen atoms in total. The molecule has 0 bridgehead atoms. The standard InChI is InChI=1S/C49H83N13O17S/c1-10-24(4)37(47(76)61-38(28(8)65)45(74)52-19-34(66)56-30(49(78)79)15-18-80-9)59-35(67)20-51-39(68)25(5)55-46(75)36(23(2)3)60-44(73)33-14-12-17-62(33)48(77)32(22-64)58-41(70)27(7)54-43(72)31(21-63)57-40(69)26(6)53-42(71)29-13-11-16-50-29/h23-33,36-38,50,63-65H,10-22H2,1-9H3,(H,51,68)(H,52,74)(H,53,71)(H,54,72)(H,55,75)(H,56,66)(H,57,69)(H,58,70)(H,59,67)(H,60,73)(H,61,76)(H,78,79)/t24-,25-,26-,27-,28+,29-,30-,31-,32-,33-,36-,37-,38-/m0/s1. The van der Waals surface area contributed by atoms with E-state index in [9.17, 15) is 82.8 Å². The fraction of sp³-hybridized carbons (Fsp3) is 0.735. The van der Waals surface area contributed by atoms with Crippen molar-refractivity contribution in [2.24, 2.45) is 11.8 Å². The molecule has 2 saturated heterocycles. The van der Waals surface area contributed by atoms with Crippen molar-refractivity contribution in [2.45, 2.75) is 166 Å². The summed E-state index contributed by atoms with van der Waals surface area (Å²) in [6, 6.07) is -13.9. The largest absolute Gasteiger partial charge is 0.480 e. The van der Waals surface area contributed by atoms with Gasteiger partial charge in [-0.1, -0.05) is 34.1 Å². The van der Waals surface area contributed by atoms with Gasteiger partial charge in [0.15, 0.2) is 0 Å². The number of carboxylic acids is 1. The molecule has 2 aliphatic heterocycles. The minimum atomic E-state index is -1.61. The second kappa shape index (κ2) is 34.4. The number of aliphatic hydroxyl groups is 3. The number of nitrogens with one attached hydrogen (secondary N) is 12. The zero-order valence-electron chi connectivity index (χ0n) is 46.7. The molecule has 31 heteroatoms. The first kappa shape index (κ1) is 69.4. The number of carbonyl (C=O) groups excluding carboxylic acids is 12. The Morgan fingerprint density at radius 1 is 0.575 bits per heavy atom. The van der Waals surface area contributed by atoms with Gasteiger partial charge in [-0.25, -0.2) is 4.79 Å². The molecule has 0 spiro atoms. The lowest BCUT2D eigenvalue weighted by Crippen LogP contribution is -2.61. The molecule has 16 N–H and O–H groups in total. The maximum Gasteiger partial charge on any atom is 0.326 e. The van der Waals surface area contributed by atoms with E-state index < -0.39 is 188 Å². The lowest BCUT2D eigenvalue weighted by molar-refractivity contribution is -0.143. The monoisotopic (exact) mass is 1160 g/mol. The van der Waals surface area contributed by atoms with E-state index in [0.717, 1.165) is 11.3 Å². The molecule has 2 rings (SSSR count). The van der Waals surface area contributed by atoms with Crippen LogP contribution in [0.2, 0.25) is 0 Å². The van der Waals surface area contributed by atoms with E-state index in [-0.39, 0.29) is 19.4 Å². The Morgan fingerprint density at radius 2 is 1.12 bits per heavy atom. The van der Waals surface area contributed by atoms with Crippen LogP contribution < -0.4 is 63.8 Å². The van der Waals surface area contributed by atoms with Crippen molar-refractivity contribution in [3.63, 3.8) is 0 Å². The Bertz CT molecular complexity index is 2200. The molecule has 80 heavy (non-hydrogen) atoms. The number of likely N-dealkylation sites (tertiary alicyclic amines) is 1. The van der Waals surface area contributed by atoms with Gasteiger partial charge in [-0.05, 0) is 90.2 Å². The quantitative estimate of drug-likeness (QED) is 0.0290. The predicted octanol–water partition coefficient (Wildman–Crippen LogP) is -6.71. The number of carbonyl (C=O) groups is 13. The molecule has 2 fully saturated rings. The molecular weight excluding hydrogens is 1070 g/mol. The van der Waals surface area contributed by atoms with Crippen molar-refractivity contribution < 1.29 is 82.8 Å². The number of hydrogen-bond acceptors (Lipinski definition) is 18. The highest BCUT2D eigenvalue weighted by Crippen LogP contribution is 2.20. The van der Waals surface area contributed by atoms with Crippen molar-refractivity contribution in [2.75, 3.05) is 51.4 Å². The van der Waals surface area contributed by atoms with Gasteiger partial charge in [0.2, 0.25) is 70.9 Å². The van der Waals surface area contributed by atoms with Crippen molar-refractivity contribution >= 4 is 88.6 Å². The summed E-state index contributed by atoms with van der Waals surface area (Å²) in [4.78, 5) is 170. The number of amides is 12. The smallest absolute Gasteiger partial charge is 0.326 e. The van der Waals surface area contributed by atoms with Crippen molar-refractivity contribution in [1.29, 1.82) is 0 Å².